The average Bonchev–Trinajstić information content (AvgIpc) is 2.60. The molecule has 0 aromatic heterocycles. The summed E-state index contributed by atoms with van der Waals surface area (Å²) in [6.07, 6.45) is 0.201. The maximum absolute atomic E-state index is 13.5. The van der Waals surface area contributed by atoms with Crippen LogP contribution >= 0.6 is 12.2 Å². The first-order valence-electron chi connectivity index (χ1n) is 7.63. The van der Waals surface area contributed by atoms with Crippen LogP contribution in [0.1, 0.15) is 17.5 Å². The minimum atomic E-state index is -3.40. The number of nitrogens with one attached hydrogen (secondary N) is 2. The van der Waals surface area contributed by atoms with Crippen molar-refractivity contribution in [3.63, 3.8) is 0 Å². The van der Waals surface area contributed by atoms with Crippen molar-refractivity contribution < 1.29 is 12.8 Å². The van der Waals surface area contributed by atoms with Crippen LogP contribution in [0.3, 0.4) is 0 Å². The first kappa shape index (κ1) is 17.5. The zero-order valence-corrected chi connectivity index (χ0v) is 14.8. The van der Waals surface area contributed by atoms with Gasteiger partial charge in [0.05, 0.1) is 16.4 Å². The van der Waals surface area contributed by atoms with Gasteiger partial charge in [-0.25, -0.2) is 12.8 Å². The van der Waals surface area contributed by atoms with Crippen molar-refractivity contribution in [2.45, 2.75) is 17.9 Å². The molecule has 2 aromatic rings. The second-order valence-corrected chi connectivity index (χ2v) is 8.03. The Hall–Kier alpha value is -2.32. The van der Waals surface area contributed by atoms with Crippen molar-refractivity contribution >= 4 is 32.9 Å². The molecule has 1 heterocycles. The predicted octanol–water partition coefficient (Wildman–Crippen LogP) is 2.37. The molecule has 0 amide bonds. The highest BCUT2D eigenvalue weighted by atomic mass is 32.2. The highest BCUT2D eigenvalue weighted by Gasteiger charge is 2.28. The summed E-state index contributed by atoms with van der Waals surface area (Å²) in [6.45, 7) is 0.539. The quantitative estimate of drug-likeness (QED) is 0.488. The molecule has 0 saturated heterocycles. The van der Waals surface area contributed by atoms with Crippen LogP contribution in [-0.2, 0) is 16.4 Å². The number of hydrazone groups is 1. The van der Waals surface area contributed by atoms with Crippen LogP contribution in [0.15, 0.2) is 58.5 Å². The van der Waals surface area contributed by atoms with Gasteiger partial charge in [-0.05, 0) is 36.0 Å². The fourth-order valence-corrected chi connectivity index (χ4v) is 4.11. The lowest BCUT2D eigenvalue weighted by atomic mass is 10.1. The summed E-state index contributed by atoms with van der Waals surface area (Å²) in [6, 6.07) is 13.3. The molecule has 0 saturated carbocycles. The van der Waals surface area contributed by atoms with Crippen LogP contribution in [0.5, 0.6) is 0 Å². The topological polar surface area (TPSA) is 70.6 Å². The van der Waals surface area contributed by atoms with Gasteiger partial charge in [-0.3, -0.25) is 5.43 Å². The van der Waals surface area contributed by atoms with Crippen molar-refractivity contribution in [2.24, 2.45) is 5.10 Å². The van der Waals surface area contributed by atoms with Crippen LogP contribution in [-0.4, -0.2) is 25.0 Å². The summed E-state index contributed by atoms with van der Waals surface area (Å²) >= 11 is 5.17. The van der Waals surface area contributed by atoms with Crippen LogP contribution in [0.4, 0.5) is 4.39 Å². The fraction of sp³-hybridized carbons (Fsp3) is 0.176. The van der Waals surface area contributed by atoms with Gasteiger partial charge in [0.15, 0.2) is 14.9 Å². The summed E-state index contributed by atoms with van der Waals surface area (Å²) in [5.41, 5.74) is 4.51. The molecule has 0 unspecified atom stereocenters. The van der Waals surface area contributed by atoms with E-state index in [4.69, 9.17) is 12.2 Å². The van der Waals surface area contributed by atoms with E-state index in [1.165, 1.54) is 12.1 Å². The molecule has 0 bridgehead atoms. The number of halogens is 1. The fourth-order valence-electron chi connectivity index (χ4n) is 2.53. The van der Waals surface area contributed by atoms with Crippen molar-refractivity contribution in [1.29, 1.82) is 0 Å². The Bertz CT molecular complexity index is 928. The average molecular weight is 377 g/mol. The molecule has 25 heavy (non-hydrogen) atoms. The molecular formula is C17H16FN3O2S2. The number of benzene rings is 2. The third kappa shape index (κ3) is 4.21. The second kappa shape index (κ2) is 7.28. The number of nitrogens with zero attached hydrogens (tertiary/aromatic N) is 1. The van der Waals surface area contributed by atoms with Gasteiger partial charge in [-0.1, -0.05) is 30.3 Å². The Kier molecular flexibility index (Phi) is 5.10. The molecule has 0 spiro atoms. The van der Waals surface area contributed by atoms with Crippen molar-refractivity contribution in [3.8, 4) is 0 Å². The summed E-state index contributed by atoms with van der Waals surface area (Å²) < 4.78 is 37.7. The molecule has 0 aliphatic carbocycles. The van der Waals surface area contributed by atoms with Gasteiger partial charge in [0.1, 0.15) is 5.82 Å². The maximum Gasteiger partial charge on any atom is 0.187 e. The second-order valence-electron chi connectivity index (χ2n) is 5.55. The van der Waals surface area contributed by atoms with Crippen molar-refractivity contribution in [1.82, 2.24) is 10.7 Å². The molecule has 0 atom stereocenters. The van der Waals surface area contributed by atoms with Crippen LogP contribution < -0.4 is 10.7 Å². The molecule has 130 valence electrons. The summed E-state index contributed by atoms with van der Waals surface area (Å²) in [5.74, 6) is -0.565. The first-order valence-corrected chi connectivity index (χ1v) is 9.69. The predicted molar refractivity (Wildman–Crippen MR) is 98.6 cm³/mol. The first-order chi connectivity index (χ1) is 12.0. The van der Waals surface area contributed by atoms with E-state index in [1.807, 2.05) is 30.3 Å². The van der Waals surface area contributed by atoms with Gasteiger partial charge >= 0.3 is 0 Å². The van der Waals surface area contributed by atoms with Gasteiger partial charge in [-0.2, -0.15) is 5.10 Å². The van der Waals surface area contributed by atoms with E-state index >= 15 is 0 Å². The molecule has 3 rings (SSSR count). The van der Waals surface area contributed by atoms with Gasteiger partial charge in [0, 0.05) is 18.5 Å². The molecule has 0 radical (unpaired) electrons. The van der Waals surface area contributed by atoms with Gasteiger partial charge < -0.3 is 5.32 Å². The molecule has 5 nitrogen and oxygen atoms in total. The lowest BCUT2D eigenvalue weighted by Gasteiger charge is -2.18. The number of sulfone groups is 1. The molecular weight excluding hydrogens is 361 g/mol. The molecule has 8 heteroatoms. The van der Waals surface area contributed by atoms with Crippen molar-refractivity contribution in [2.75, 3.05) is 5.75 Å². The Morgan fingerprint density at radius 1 is 1.20 bits per heavy atom. The van der Waals surface area contributed by atoms with Gasteiger partial charge in [-0.15, -0.1) is 0 Å². The lowest BCUT2D eigenvalue weighted by molar-refractivity contribution is 0.592. The Balaban J connectivity index is 1.72. The third-order valence-corrected chi connectivity index (χ3v) is 5.79. The number of fused-ring (bicyclic) bond motifs is 1. The van der Waals surface area contributed by atoms with E-state index < -0.39 is 15.7 Å². The molecule has 1 aliphatic heterocycles. The third-order valence-electron chi connectivity index (χ3n) is 3.78. The summed E-state index contributed by atoms with van der Waals surface area (Å²) in [7, 11) is -3.40. The molecule has 0 fully saturated rings. The highest BCUT2D eigenvalue weighted by Crippen LogP contribution is 2.26. The molecule has 2 aromatic carbocycles. The minimum absolute atomic E-state index is 0.0592. The minimum Gasteiger partial charge on any atom is -0.357 e. The Morgan fingerprint density at radius 3 is 2.72 bits per heavy atom. The zero-order valence-electron chi connectivity index (χ0n) is 13.2. The SMILES string of the molecule is O=S1(=O)CC/C(=N/NC(=S)NCc2ccccc2)c2cc(F)ccc21. The van der Waals surface area contributed by atoms with Crippen LogP contribution in [0.2, 0.25) is 0 Å². The number of hydrogen-bond donors (Lipinski definition) is 2. The van der Waals surface area contributed by atoms with E-state index in [1.54, 1.807) is 0 Å². The van der Waals surface area contributed by atoms with Gasteiger partial charge in [0.2, 0.25) is 0 Å². The standard InChI is InChI=1S/C17H16FN3O2S2/c18-13-6-7-16-14(10-13)15(8-9-25(16,22)23)20-21-17(24)19-11-12-4-2-1-3-5-12/h1-7,10H,8-9,11H2,(H2,19,21,24)/b20-15-. The number of rotatable bonds is 3. The van der Waals surface area contributed by atoms with Crippen LogP contribution in [0.25, 0.3) is 0 Å². The summed E-state index contributed by atoms with van der Waals surface area (Å²) in [5, 5.41) is 7.49. The van der Waals surface area contributed by atoms with Crippen molar-refractivity contribution in [3.05, 3.63) is 65.5 Å². The molecule has 2 N–H and O–H groups in total. The van der Waals surface area contributed by atoms with Crippen LogP contribution in [0, 0.1) is 5.82 Å². The Morgan fingerprint density at radius 2 is 1.96 bits per heavy atom. The van der Waals surface area contributed by atoms with Gasteiger partial charge in [0.25, 0.3) is 0 Å². The smallest absolute Gasteiger partial charge is 0.187 e. The monoisotopic (exact) mass is 377 g/mol. The highest BCUT2D eigenvalue weighted by molar-refractivity contribution is 7.91. The number of hydrogen-bond acceptors (Lipinski definition) is 4. The lowest BCUT2D eigenvalue weighted by Crippen LogP contribution is -2.33. The van der Waals surface area contributed by atoms with E-state index in [0.717, 1.165) is 11.6 Å². The summed E-state index contributed by atoms with van der Waals surface area (Å²) in [4.78, 5) is 0.101. The number of thiocarbonyl (C=S) groups is 1. The Labute approximate surface area is 150 Å². The largest absolute Gasteiger partial charge is 0.357 e. The van der Waals surface area contributed by atoms with E-state index in [2.05, 4.69) is 15.8 Å². The normalized spacial score (nSPS) is 16.9. The maximum atomic E-state index is 13.5. The van der Waals surface area contributed by atoms with E-state index in [-0.39, 0.29) is 22.6 Å². The van der Waals surface area contributed by atoms with E-state index in [0.29, 0.717) is 17.4 Å². The molecule has 1 aliphatic rings. The van der Waals surface area contributed by atoms with E-state index in [9.17, 15) is 12.8 Å². The zero-order chi connectivity index (χ0) is 17.9.